The summed E-state index contributed by atoms with van der Waals surface area (Å²) in [5.41, 5.74) is -0.0848. The number of rotatable bonds is 7. The molecule has 24 heteroatoms. The molecule has 0 spiro atoms. The van der Waals surface area contributed by atoms with Crippen molar-refractivity contribution in [2.75, 3.05) is 12.3 Å². The quantitative estimate of drug-likeness (QED) is 0.0987. The average molecular weight is 650 g/mol. The number of anilines is 1. The molecule has 43 heavy (non-hydrogen) atoms. The molecule has 2 unspecified atom stereocenters. The van der Waals surface area contributed by atoms with Gasteiger partial charge in [-0.25, -0.2) is 18.9 Å². The minimum Gasteiger partial charge on any atom is -0.394 e. The highest BCUT2D eigenvalue weighted by Crippen LogP contribution is 2.69. The van der Waals surface area contributed by atoms with Gasteiger partial charge in [-0.15, -0.1) is 5.10 Å². The Kier molecular flexibility index (Phi) is 6.12. The number of aromatic amines is 2. The third-order valence-corrected chi connectivity index (χ3v) is 8.88. The molecule has 7 rings (SSSR count). The summed E-state index contributed by atoms with van der Waals surface area (Å²) in [6, 6.07) is 0. The summed E-state index contributed by atoms with van der Waals surface area (Å²) in [5.74, 6) is -4.48. The number of ether oxygens (including phenoxy) is 2. The van der Waals surface area contributed by atoms with Crippen LogP contribution in [0.5, 0.6) is 0 Å². The second kappa shape index (κ2) is 9.28. The first-order valence-corrected chi connectivity index (χ1v) is 14.8. The SMILES string of the molecule is Nc1nc2c(ncn2[C@@H]2O[C@H](CO)[C@@H](F)[C@H]2OP(=O)(S)OC2[C@H]3O[C@@H](n4nnc5c(=O)[nH]cnc54)C(F)(F)[C@@]23O)c(=O)[nH]1. The number of thiol groups is 1. The smallest absolute Gasteiger partial charge is 0.387 e. The highest BCUT2D eigenvalue weighted by atomic mass is 32.7. The number of nitrogens with one attached hydrogen (secondary N) is 2. The molecule has 9 atom stereocenters. The van der Waals surface area contributed by atoms with Gasteiger partial charge in [-0.05, 0) is 0 Å². The molecule has 4 aromatic heterocycles. The van der Waals surface area contributed by atoms with Crippen LogP contribution >= 0.6 is 19.0 Å². The predicted octanol–water partition coefficient (Wildman–Crippen LogP) is -1.46. The number of halogens is 3. The Hall–Kier alpha value is -3.44. The molecule has 230 valence electrons. The van der Waals surface area contributed by atoms with E-state index in [1.807, 2.05) is 0 Å². The van der Waals surface area contributed by atoms with Crippen molar-refractivity contribution >= 4 is 47.3 Å². The fourth-order valence-electron chi connectivity index (χ4n) is 5.20. The summed E-state index contributed by atoms with van der Waals surface area (Å²) in [7, 11) is 0. The van der Waals surface area contributed by atoms with E-state index in [1.165, 1.54) is 0 Å². The Morgan fingerprint density at radius 3 is 2.65 bits per heavy atom. The lowest BCUT2D eigenvalue weighted by Gasteiger charge is -2.28. The molecule has 1 saturated carbocycles. The molecule has 0 amide bonds. The van der Waals surface area contributed by atoms with Crippen molar-refractivity contribution in [3.05, 3.63) is 33.4 Å². The van der Waals surface area contributed by atoms with E-state index in [0.717, 1.165) is 17.2 Å². The van der Waals surface area contributed by atoms with Gasteiger partial charge in [0.05, 0.1) is 19.3 Å². The lowest BCUT2D eigenvalue weighted by Crippen LogP contribution is -2.44. The molecular weight excluding hydrogens is 632 g/mol. The van der Waals surface area contributed by atoms with E-state index in [2.05, 4.69) is 47.5 Å². The zero-order valence-corrected chi connectivity index (χ0v) is 22.7. The summed E-state index contributed by atoms with van der Waals surface area (Å²) in [6.07, 6.45) is -11.3. The van der Waals surface area contributed by atoms with Crippen molar-refractivity contribution in [1.29, 1.82) is 0 Å². The third kappa shape index (κ3) is 4.00. The van der Waals surface area contributed by atoms with Crippen LogP contribution in [0.1, 0.15) is 12.5 Å². The van der Waals surface area contributed by atoms with Crippen LogP contribution in [0.4, 0.5) is 19.1 Å². The Labute approximate surface area is 238 Å². The Bertz CT molecular complexity index is 1940. The van der Waals surface area contributed by atoms with Crippen molar-refractivity contribution in [2.45, 2.75) is 54.6 Å². The maximum atomic E-state index is 15.5. The predicted molar refractivity (Wildman–Crippen MR) is 135 cm³/mol. The maximum Gasteiger partial charge on any atom is 0.387 e. The minimum absolute atomic E-state index is 0.178. The van der Waals surface area contributed by atoms with Crippen molar-refractivity contribution in [3.63, 3.8) is 0 Å². The van der Waals surface area contributed by atoms with Crippen LogP contribution in [-0.4, -0.2) is 103 Å². The molecule has 2 saturated heterocycles. The van der Waals surface area contributed by atoms with Crippen molar-refractivity contribution < 1.29 is 46.5 Å². The fraction of sp³-hybridized carbons (Fsp3) is 0.526. The minimum atomic E-state index is -4.83. The molecule has 2 aliphatic heterocycles. The van der Waals surface area contributed by atoms with Gasteiger partial charge in [0.15, 0.2) is 40.3 Å². The highest BCUT2D eigenvalue weighted by molar-refractivity contribution is 8.44. The van der Waals surface area contributed by atoms with Gasteiger partial charge < -0.3 is 30.4 Å². The molecule has 0 aromatic carbocycles. The van der Waals surface area contributed by atoms with E-state index in [0.29, 0.717) is 4.68 Å². The lowest BCUT2D eigenvalue weighted by atomic mass is 10.1. The third-order valence-electron chi connectivity index (χ3n) is 7.31. The summed E-state index contributed by atoms with van der Waals surface area (Å²) in [4.78, 5) is 40.0. The maximum absolute atomic E-state index is 15.5. The number of fused-ring (bicyclic) bond motifs is 3. The molecule has 6 heterocycles. The van der Waals surface area contributed by atoms with Crippen LogP contribution in [0.25, 0.3) is 22.3 Å². The first-order chi connectivity index (χ1) is 20.3. The number of imidazole rings is 1. The second-order valence-corrected chi connectivity index (χ2v) is 12.7. The number of aliphatic hydroxyl groups is 2. The monoisotopic (exact) mass is 650 g/mol. The molecule has 0 radical (unpaired) electrons. The average Bonchev–Trinajstić information content (AvgIpc) is 3.42. The van der Waals surface area contributed by atoms with Crippen LogP contribution in [0, 0.1) is 0 Å². The van der Waals surface area contributed by atoms with E-state index in [1.54, 1.807) is 0 Å². The highest BCUT2D eigenvalue weighted by Gasteiger charge is 2.88. The van der Waals surface area contributed by atoms with Gasteiger partial charge in [-0.1, -0.05) is 17.5 Å². The van der Waals surface area contributed by atoms with E-state index < -0.39 is 79.1 Å². The van der Waals surface area contributed by atoms with Crippen molar-refractivity contribution in [1.82, 2.24) is 44.5 Å². The van der Waals surface area contributed by atoms with E-state index >= 15 is 13.2 Å². The van der Waals surface area contributed by atoms with Crippen molar-refractivity contribution in [3.8, 4) is 0 Å². The Morgan fingerprint density at radius 2 is 1.95 bits per heavy atom. The normalized spacial score (nSPS) is 34.5. The van der Waals surface area contributed by atoms with Gasteiger partial charge in [0.1, 0.15) is 24.4 Å². The zero-order chi connectivity index (χ0) is 30.6. The summed E-state index contributed by atoms with van der Waals surface area (Å²) < 4.78 is 82.3. The standard InChI is InChI=1S/C19H18F3N10O9PS/c20-5-4(1-33)38-15(31-3-26-6-12(31)27-17(23)28-14(6)35)8(5)40-42(37,43)41-10-9-18(10,36)19(21,22)16(39-9)32-11-7(29-30-32)13(34)25-2-24-11/h2-5,8-10,15-16,33,36H,1H2,(H,37,43)(H,24,25,34)(H3,23,27,28,35)/t4-,5-,8-,9-,10?,15-,16-,18+,42?/m1/s1. The fourth-order valence-corrected chi connectivity index (χ4v) is 6.97. The van der Waals surface area contributed by atoms with Crippen LogP contribution in [0.15, 0.2) is 22.2 Å². The zero-order valence-electron chi connectivity index (χ0n) is 20.9. The van der Waals surface area contributed by atoms with Gasteiger partial charge in [0.25, 0.3) is 11.1 Å². The summed E-state index contributed by atoms with van der Waals surface area (Å²) >= 11 is 3.79. The number of aromatic nitrogens is 9. The number of hydrogen-bond acceptors (Lipinski definition) is 15. The number of nitrogens with zero attached hydrogens (tertiary/aromatic N) is 7. The summed E-state index contributed by atoms with van der Waals surface area (Å²) in [5, 5.41) is 27.4. The molecule has 19 nitrogen and oxygen atoms in total. The van der Waals surface area contributed by atoms with E-state index in [9.17, 15) is 24.4 Å². The first kappa shape index (κ1) is 28.3. The van der Waals surface area contributed by atoms with Crippen LogP contribution in [-0.2, 0) is 23.1 Å². The van der Waals surface area contributed by atoms with E-state index in [-0.39, 0.29) is 28.3 Å². The summed E-state index contributed by atoms with van der Waals surface area (Å²) in [6.45, 7) is -5.69. The topological polar surface area (TPSA) is 260 Å². The number of hydrogen-bond donors (Lipinski definition) is 6. The Morgan fingerprint density at radius 1 is 1.19 bits per heavy atom. The number of nitrogens with two attached hydrogens (primary N) is 1. The lowest BCUT2D eigenvalue weighted by molar-refractivity contribution is -0.196. The Balaban J connectivity index is 1.13. The van der Waals surface area contributed by atoms with E-state index in [4.69, 9.17) is 24.3 Å². The molecule has 3 aliphatic rings. The van der Waals surface area contributed by atoms with Gasteiger partial charge in [0, 0.05) is 0 Å². The molecule has 6 N–H and O–H groups in total. The van der Waals surface area contributed by atoms with Crippen LogP contribution in [0.2, 0.25) is 0 Å². The molecular formula is C19H18F3N10O9PS. The van der Waals surface area contributed by atoms with Gasteiger partial charge in [-0.3, -0.25) is 28.2 Å². The second-order valence-electron chi connectivity index (χ2n) is 9.83. The van der Waals surface area contributed by atoms with Gasteiger partial charge in [0.2, 0.25) is 12.2 Å². The molecule has 0 bridgehead atoms. The van der Waals surface area contributed by atoms with Gasteiger partial charge >= 0.3 is 12.7 Å². The number of H-pyrrole nitrogens is 2. The van der Waals surface area contributed by atoms with Crippen LogP contribution in [0.3, 0.4) is 0 Å². The number of alkyl halides is 3. The van der Waals surface area contributed by atoms with Crippen molar-refractivity contribution in [2.24, 2.45) is 0 Å². The molecule has 4 aromatic rings. The van der Waals surface area contributed by atoms with Crippen LogP contribution < -0.4 is 16.9 Å². The first-order valence-electron chi connectivity index (χ1n) is 12.1. The molecule has 3 fully saturated rings. The largest absolute Gasteiger partial charge is 0.394 e. The number of nitrogen functional groups attached to an aromatic ring is 1. The molecule has 1 aliphatic carbocycles. The van der Waals surface area contributed by atoms with Gasteiger partial charge in [-0.2, -0.15) is 18.4 Å². The number of aliphatic hydroxyl groups excluding tert-OH is 1.